The van der Waals surface area contributed by atoms with Gasteiger partial charge in [-0.05, 0) is 68.7 Å². The van der Waals surface area contributed by atoms with Gasteiger partial charge in [0.05, 0.1) is 0 Å². The molecule has 0 bridgehead atoms. The first-order valence-corrected chi connectivity index (χ1v) is 9.18. The Labute approximate surface area is 143 Å². The van der Waals surface area contributed by atoms with Gasteiger partial charge in [0.15, 0.2) is 5.67 Å². The van der Waals surface area contributed by atoms with Crippen LogP contribution in [0.5, 0.6) is 0 Å². The number of aromatic nitrogens is 1. The number of halogens is 1. The van der Waals surface area contributed by atoms with Crippen molar-refractivity contribution in [2.45, 2.75) is 50.7 Å². The monoisotopic (exact) mass is 331 g/mol. The summed E-state index contributed by atoms with van der Waals surface area (Å²) < 4.78 is 14.0. The molecule has 3 aliphatic rings. The molecule has 1 spiro atoms. The average molecular weight is 331 g/mol. The number of hydrogen-bond donors (Lipinski definition) is 0. The van der Waals surface area contributed by atoms with E-state index in [4.69, 9.17) is 0 Å². The van der Waals surface area contributed by atoms with Crippen LogP contribution in [0.2, 0.25) is 0 Å². The quantitative estimate of drug-likeness (QED) is 0.854. The zero-order valence-corrected chi connectivity index (χ0v) is 14.2. The molecule has 4 rings (SSSR count). The van der Waals surface area contributed by atoms with Gasteiger partial charge in [-0.1, -0.05) is 6.07 Å². The lowest BCUT2D eigenvalue weighted by atomic mass is 9.71. The summed E-state index contributed by atoms with van der Waals surface area (Å²) in [5.74, 6) is -0.244. The summed E-state index contributed by atoms with van der Waals surface area (Å²) in [4.78, 5) is 20.6. The molecule has 1 aromatic rings. The van der Waals surface area contributed by atoms with E-state index >= 15 is 0 Å². The Hall–Kier alpha value is -1.49. The van der Waals surface area contributed by atoms with Gasteiger partial charge in [-0.15, -0.1) is 0 Å². The third-order valence-corrected chi connectivity index (χ3v) is 6.23. The lowest BCUT2D eigenvalue weighted by Gasteiger charge is -2.47. The van der Waals surface area contributed by atoms with Crippen molar-refractivity contribution in [2.75, 3.05) is 26.2 Å². The van der Waals surface area contributed by atoms with Crippen LogP contribution in [0.15, 0.2) is 24.5 Å². The van der Waals surface area contributed by atoms with Gasteiger partial charge in [0.2, 0.25) is 0 Å². The molecule has 4 nitrogen and oxygen atoms in total. The fraction of sp³-hybridized carbons (Fsp3) is 0.684. The number of carbonyl (C=O) groups excluding carboxylic acids is 1. The lowest BCUT2D eigenvalue weighted by Crippen LogP contribution is -2.50. The van der Waals surface area contributed by atoms with E-state index < -0.39 is 5.67 Å². The lowest BCUT2D eigenvalue weighted by molar-refractivity contribution is -0.141. The van der Waals surface area contributed by atoms with E-state index in [2.05, 4.69) is 16.0 Å². The van der Waals surface area contributed by atoms with Gasteiger partial charge >= 0.3 is 0 Å². The van der Waals surface area contributed by atoms with Gasteiger partial charge < -0.3 is 4.90 Å². The number of pyridine rings is 1. The summed E-state index contributed by atoms with van der Waals surface area (Å²) in [5, 5.41) is 0. The van der Waals surface area contributed by atoms with Crippen molar-refractivity contribution >= 4 is 5.91 Å². The molecule has 0 radical (unpaired) electrons. The van der Waals surface area contributed by atoms with Gasteiger partial charge in [-0.2, -0.15) is 0 Å². The molecule has 3 fully saturated rings. The molecule has 1 aliphatic carbocycles. The molecule has 24 heavy (non-hydrogen) atoms. The van der Waals surface area contributed by atoms with Crippen LogP contribution in [0.4, 0.5) is 4.39 Å². The summed E-state index contributed by atoms with van der Waals surface area (Å²) in [5.41, 5.74) is 0.138. The Balaban J connectivity index is 1.28. The maximum Gasteiger partial charge on any atom is 0.260 e. The zero-order chi connectivity index (χ0) is 16.6. The molecule has 0 unspecified atom stereocenters. The highest BCUT2D eigenvalue weighted by atomic mass is 19.1. The maximum absolute atomic E-state index is 14.0. The first kappa shape index (κ1) is 16.0. The minimum Gasteiger partial charge on any atom is -0.340 e. The van der Waals surface area contributed by atoms with Crippen LogP contribution in [0.25, 0.3) is 0 Å². The van der Waals surface area contributed by atoms with E-state index in [0.29, 0.717) is 18.3 Å². The van der Waals surface area contributed by atoms with E-state index in [9.17, 15) is 9.18 Å². The number of amides is 1. The Morgan fingerprint density at radius 1 is 1.08 bits per heavy atom. The molecular weight excluding hydrogens is 305 g/mol. The van der Waals surface area contributed by atoms with Gasteiger partial charge in [0.25, 0.3) is 5.91 Å². The molecule has 0 aromatic carbocycles. The summed E-state index contributed by atoms with van der Waals surface area (Å²) in [6.45, 7) is 4.67. The second kappa shape index (κ2) is 6.10. The van der Waals surface area contributed by atoms with E-state index in [-0.39, 0.29) is 5.91 Å². The van der Waals surface area contributed by atoms with Gasteiger partial charge in [-0.25, -0.2) is 4.39 Å². The summed E-state index contributed by atoms with van der Waals surface area (Å²) in [6.07, 6.45) is 9.07. The number of likely N-dealkylation sites (tertiary alicyclic amines) is 2. The fourth-order valence-electron chi connectivity index (χ4n) is 4.23. The third-order valence-electron chi connectivity index (χ3n) is 6.23. The van der Waals surface area contributed by atoms with Crippen molar-refractivity contribution in [3.63, 3.8) is 0 Å². The van der Waals surface area contributed by atoms with Crippen molar-refractivity contribution < 1.29 is 9.18 Å². The SMILES string of the molecule is O=C(N1CCC2(CCN(Cc3cccnc3)CC2)CC1)C1(F)CC1. The molecule has 1 saturated carbocycles. The molecule has 1 amide bonds. The molecular formula is C19H26FN3O. The number of alkyl halides is 1. The first-order valence-electron chi connectivity index (χ1n) is 9.18. The second-order valence-corrected chi connectivity index (χ2v) is 7.89. The number of carbonyl (C=O) groups is 1. The van der Waals surface area contributed by atoms with Crippen molar-refractivity contribution in [1.29, 1.82) is 0 Å². The zero-order valence-electron chi connectivity index (χ0n) is 14.2. The summed E-state index contributed by atoms with van der Waals surface area (Å²) in [7, 11) is 0. The fourth-order valence-corrected chi connectivity index (χ4v) is 4.23. The average Bonchev–Trinajstić information content (AvgIpc) is 3.37. The first-order chi connectivity index (χ1) is 11.6. The molecule has 3 heterocycles. The van der Waals surface area contributed by atoms with E-state index in [1.54, 1.807) is 4.90 Å². The Morgan fingerprint density at radius 2 is 1.75 bits per heavy atom. The molecule has 2 saturated heterocycles. The highest BCUT2D eigenvalue weighted by Gasteiger charge is 2.53. The molecule has 5 heteroatoms. The van der Waals surface area contributed by atoms with Gasteiger partial charge in [-0.3, -0.25) is 14.7 Å². The van der Waals surface area contributed by atoms with Crippen LogP contribution in [0.1, 0.15) is 44.1 Å². The van der Waals surface area contributed by atoms with Crippen LogP contribution in [0.3, 0.4) is 0 Å². The molecule has 2 aliphatic heterocycles. The van der Waals surface area contributed by atoms with E-state index in [0.717, 1.165) is 45.6 Å². The number of hydrogen-bond acceptors (Lipinski definition) is 3. The number of rotatable bonds is 3. The minimum atomic E-state index is -1.50. The second-order valence-electron chi connectivity index (χ2n) is 7.89. The van der Waals surface area contributed by atoms with Crippen molar-refractivity contribution in [3.8, 4) is 0 Å². The number of piperidine rings is 2. The Kier molecular flexibility index (Phi) is 4.07. The predicted molar refractivity (Wildman–Crippen MR) is 90.1 cm³/mol. The van der Waals surface area contributed by atoms with Crippen LogP contribution < -0.4 is 0 Å². The van der Waals surface area contributed by atoms with Crippen molar-refractivity contribution in [2.24, 2.45) is 5.41 Å². The van der Waals surface area contributed by atoms with Crippen molar-refractivity contribution in [1.82, 2.24) is 14.8 Å². The Bertz CT molecular complexity index is 584. The third kappa shape index (κ3) is 3.18. The van der Waals surface area contributed by atoms with Crippen LogP contribution in [-0.2, 0) is 11.3 Å². The van der Waals surface area contributed by atoms with Crippen LogP contribution in [0, 0.1) is 5.41 Å². The molecule has 130 valence electrons. The topological polar surface area (TPSA) is 36.4 Å². The van der Waals surface area contributed by atoms with E-state index in [1.807, 2.05) is 18.5 Å². The Morgan fingerprint density at radius 3 is 2.33 bits per heavy atom. The summed E-state index contributed by atoms with van der Waals surface area (Å²) >= 11 is 0. The predicted octanol–water partition coefficient (Wildman–Crippen LogP) is 2.79. The van der Waals surface area contributed by atoms with Gasteiger partial charge in [0, 0.05) is 32.0 Å². The maximum atomic E-state index is 14.0. The highest BCUT2D eigenvalue weighted by Crippen LogP contribution is 2.45. The minimum absolute atomic E-state index is 0.244. The molecule has 0 N–H and O–H groups in total. The summed E-state index contributed by atoms with van der Waals surface area (Å²) in [6, 6.07) is 4.12. The smallest absolute Gasteiger partial charge is 0.260 e. The van der Waals surface area contributed by atoms with Crippen molar-refractivity contribution in [3.05, 3.63) is 30.1 Å². The highest BCUT2D eigenvalue weighted by molar-refractivity contribution is 5.88. The largest absolute Gasteiger partial charge is 0.340 e. The van der Waals surface area contributed by atoms with Crippen LogP contribution in [-0.4, -0.2) is 52.5 Å². The van der Waals surface area contributed by atoms with Crippen LogP contribution >= 0.6 is 0 Å². The standard InChI is InChI=1S/C19H26FN3O/c20-19(3-4-19)17(24)23-12-7-18(8-13-23)5-10-22(11-6-18)15-16-2-1-9-21-14-16/h1-2,9,14H,3-8,10-13,15H2. The van der Waals surface area contributed by atoms with E-state index in [1.165, 1.54) is 18.4 Å². The van der Waals surface area contributed by atoms with Gasteiger partial charge in [0.1, 0.15) is 0 Å². The number of nitrogens with zero attached hydrogens (tertiary/aromatic N) is 3. The molecule has 1 aromatic heterocycles. The normalized spacial score (nSPS) is 25.6. The molecule has 0 atom stereocenters.